The molecule has 1 aliphatic rings. The molecule has 0 N–H and O–H groups in total. The van der Waals surface area contributed by atoms with Crippen LogP contribution < -0.4 is 28.5 Å². The molecule has 0 radical (unpaired) electrons. The lowest BCUT2D eigenvalue weighted by atomic mass is 9.75. The number of esters is 1. The highest BCUT2D eigenvalue weighted by atomic mass is 127. The second-order valence-corrected chi connectivity index (χ2v) is 10.7. The third-order valence-electron chi connectivity index (χ3n) is 7.85. The van der Waals surface area contributed by atoms with Gasteiger partial charge in [0, 0.05) is 12.8 Å². The Morgan fingerprint density at radius 3 is 2.46 bits per heavy atom. The van der Waals surface area contributed by atoms with E-state index in [9.17, 15) is 4.79 Å². The predicted molar refractivity (Wildman–Crippen MR) is 138 cm³/mol. The molecule has 0 spiro atoms. The van der Waals surface area contributed by atoms with E-state index in [1.807, 2.05) is 0 Å². The van der Waals surface area contributed by atoms with E-state index in [0.29, 0.717) is 24.2 Å². The van der Waals surface area contributed by atoms with Crippen LogP contribution in [0.1, 0.15) is 70.0 Å². The molecule has 0 aliphatic heterocycles. The van der Waals surface area contributed by atoms with Crippen LogP contribution in [0.3, 0.4) is 0 Å². The number of benzene rings is 2. The van der Waals surface area contributed by atoms with E-state index in [-0.39, 0.29) is 36.0 Å². The van der Waals surface area contributed by atoms with E-state index >= 15 is 0 Å². The van der Waals surface area contributed by atoms with Gasteiger partial charge in [-0.2, -0.15) is 0 Å². The van der Waals surface area contributed by atoms with Gasteiger partial charge in [0.25, 0.3) is 5.82 Å². The second kappa shape index (κ2) is 11.9. The van der Waals surface area contributed by atoms with Gasteiger partial charge in [-0.1, -0.05) is 76.1 Å². The number of para-hydroxylation sites is 2. The summed E-state index contributed by atoms with van der Waals surface area (Å²) in [6, 6.07) is 16.5. The standard InChI is InChI=1S/C30H41N2O2.HI/c1-7-29-31(6)25-10-8-9-11-26(25)32(29)27(19-23-15-12-21(4)13-16-23)30(33)34-28-18-22(5)14-17-24(28)20(2)3;/h8-13,15-16,20,22,24,27-28H,7,14,17-19H2,1-6H3;1H/q+1;/p-1/t22-,24+,27-,28?;/m1./s1. The SMILES string of the molecule is CCc1n([C@H](Cc2ccc(C)cc2)C(=O)OC2C[C@H](C)CC[C@H]2C(C)C)c2ccccc2[n+]1C.[I-]. The highest BCUT2D eigenvalue weighted by Gasteiger charge is 2.39. The zero-order valence-corrected chi connectivity index (χ0v) is 24.3. The summed E-state index contributed by atoms with van der Waals surface area (Å²) in [6.45, 7) is 11.1. The van der Waals surface area contributed by atoms with Gasteiger partial charge in [0.2, 0.25) is 6.04 Å². The van der Waals surface area contributed by atoms with Crippen molar-refractivity contribution in [2.45, 2.75) is 78.9 Å². The highest BCUT2D eigenvalue weighted by Crippen LogP contribution is 2.36. The number of carbonyl (C=O) groups is 1. The van der Waals surface area contributed by atoms with Gasteiger partial charge >= 0.3 is 5.97 Å². The van der Waals surface area contributed by atoms with Crippen LogP contribution in [-0.2, 0) is 29.4 Å². The number of aromatic nitrogens is 2. The van der Waals surface area contributed by atoms with Crippen molar-refractivity contribution < 1.29 is 38.1 Å². The molecule has 0 bridgehead atoms. The van der Waals surface area contributed by atoms with Crippen LogP contribution in [0.25, 0.3) is 11.0 Å². The first-order valence-electron chi connectivity index (χ1n) is 13.0. The minimum atomic E-state index is -0.395. The van der Waals surface area contributed by atoms with Gasteiger partial charge < -0.3 is 28.7 Å². The topological polar surface area (TPSA) is 35.1 Å². The largest absolute Gasteiger partial charge is 1.00 e. The molecule has 3 aromatic rings. The first kappa shape index (κ1) is 27.7. The molecule has 1 aliphatic carbocycles. The quantitative estimate of drug-likeness (QED) is 0.242. The third kappa shape index (κ3) is 5.92. The van der Waals surface area contributed by atoms with Gasteiger partial charge in [-0.05, 0) is 55.2 Å². The van der Waals surface area contributed by atoms with E-state index in [1.165, 1.54) is 12.0 Å². The highest BCUT2D eigenvalue weighted by molar-refractivity contribution is 5.80. The van der Waals surface area contributed by atoms with Crippen molar-refractivity contribution in [3.05, 3.63) is 65.5 Å². The normalized spacial score (nSPS) is 21.1. The van der Waals surface area contributed by atoms with Crippen molar-refractivity contribution in [3.63, 3.8) is 0 Å². The van der Waals surface area contributed by atoms with Crippen molar-refractivity contribution >= 4 is 17.0 Å². The lowest BCUT2D eigenvalue weighted by Crippen LogP contribution is -3.00. The number of rotatable bonds is 7. The predicted octanol–water partition coefficient (Wildman–Crippen LogP) is 3.13. The van der Waals surface area contributed by atoms with E-state index in [0.717, 1.165) is 41.7 Å². The van der Waals surface area contributed by atoms with Crippen LogP contribution in [0.5, 0.6) is 0 Å². The maximum Gasteiger partial charge on any atom is 0.352 e. The fraction of sp³-hybridized carbons (Fsp3) is 0.533. The Balaban J connectivity index is 0.00000342. The number of hydrogen-bond donors (Lipinski definition) is 0. The van der Waals surface area contributed by atoms with Crippen LogP contribution in [0, 0.1) is 24.7 Å². The summed E-state index contributed by atoms with van der Waals surface area (Å²) in [6.07, 6.45) is 4.80. The average Bonchev–Trinajstić information content (AvgIpc) is 3.10. The minimum absolute atomic E-state index is 0. The molecular weight excluding hydrogens is 547 g/mol. The van der Waals surface area contributed by atoms with E-state index in [1.54, 1.807) is 0 Å². The summed E-state index contributed by atoms with van der Waals surface area (Å²) in [5.74, 6) is 2.59. The Hall–Kier alpha value is -1.89. The average molecular weight is 589 g/mol. The lowest BCUT2D eigenvalue weighted by molar-refractivity contribution is -0.654. The van der Waals surface area contributed by atoms with Gasteiger partial charge in [0.15, 0.2) is 11.0 Å². The zero-order chi connectivity index (χ0) is 24.4. The first-order valence-corrected chi connectivity index (χ1v) is 13.0. The summed E-state index contributed by atoms with van der Waals surface area (Å²) >= 11 is 0. The zero-order valence-electron chi connectivity index (χ0n) is 22.1. The van der Waals surface area contributed by atoms with Crippen molar-refractivity contribution in [3.8, 4) is 0 Å². The molecule has 35 heavy (non-hydrogen) atoms. The number of nitrogens with zero attached hydrogens (tertiary/aromatic N) is 2. The summed E-state index contributed by atoms with van der Waals surface area (Å²) < 4.78 is 10.9. The fourth-order valence-corrected chi connectivity index (χ4v) is 5.85. The van der Waals surface area contributed by atoms with Gasteiger partial charge in [-0.15, -0.1) is 0 Å². The molecule has 190 valence electrons. The molecule has 1 aromatic heterocycles. The molecule has 1 unspecified atom stereocenters. The molecule has 1 fully saturated rings. The number of halogens is 1. The van der Waals surface area contributed by atoms with Crippen molar-refractivity contribution in [2.75, 3.05) is 0 Å². The maximum absolute atomic E-state index is 14.0. The van der Waals surface area contributed by atoms with Gasteiger partial charge in [-0.3, -0.25) is 0 Å². The number of fused-ring (bicyclic) bond motifs is 1. The summed E-state index contributed by atoms with van der Waals surface area (Å²) in [5, 5.41) is 0. The van der Waals surface area contributed by atoms with Gasteiger partial charge in [-0.25, -0.2) is 13.9 Å². The Morgan fingerprint density at radius 1 is 1.11 bits per heavy atom. The molecule has 4 nitrogen and oxygen atoms in total. The summed E-state index contributed by atoms with van der Waals surface area (Å²) in [4.78, 5) is 14.0. The Morgan fingerprint density at radius 2 is 1.80 bits per heavy atom. The minimum Gasteiger partial charge on any atom is -1.00 e. The van der Waals surface area contributed by atoms with E-state index in [2.05, 4.69) is 99.3 Å². The smallest absolute Gasteiger partial charge is 0.352 e. The van der Waals surface area contributed by atoms with Gasteiger partial charge in [0.1, 0.15) is 6.10 Å². The molecule has 0 amide bonds. The number of aryl methyl sites for hydroxylation is 2. The van der Waals surface area contributed by atoms with Crippen LogP contribution >= 0.6 is 0 Å². The Kier molecular flexibility index (Phi) is 9.41. The van der Waals surface area contributed by atoms with E-state index < -0.39 is 6.04 Å². The summed E-state index contributed by atoms with van der Waals surface area (Å²) in [7, 11) is 2.10. The van der Waals surface area contributed by atoms with Crippen LogP contribution in [-0.4, -0.2) is 16.6 Å². The third-order valence-corrected chi connectivity index (χ3v) is 7.85. The van der Waals surface area contributed by atoms with Crippen molar-refractivity contribution in [1.29, 1.82) is 0 Å². The first-order chi connectivity index (χ1) is 16.3. The van der Waals surface area contributed by atoms with Crippen LogP contribution in [0.15, 0.2) is 48.5 Å². The molecular formula is C30H41IN2O2. The number of ether oxygens (including phenoxy) is 1. The van der Waals surface area contributed by atoms with E-state index in [4.69, 9.17) is 4.74 Å². The molecule has 2 aromatic carbocycles. The fourth-order valence-electron chi connectivity index (χ4n) is 5.85. The monoisotopic (exact) mass is 588 g/mol. The van der Waals surface area contributed by atoms with Gasteiger partial charge in [0.05, 0.1) is 7.05 Å². The lowest BCUT2D eigenvalue weighted by Gasteiger charge is -2.37. The maximum atomic E-state index is 14.0. The van der Waals surface area contributed by atoms with Crippen molar-refractivity contribution in [2.24, 2.45) is 24.8 Å². The molecule has 1 heterocycles. The molecule has 5 heteroatoms. The molecule has 0 saturated heterocycles. The number of imidazole rings is 1. The Labute approximate surface area is 228 Å². The summed E-state index contributed by atoms with van der Waals surface area (Å²) in [5.41, 5.74) is 4.62. The number of carbonyl (C=O) groups excluding carboxylic acids is 1. The van der Waals surface area contributed by atoms with Crippen molar-refractivity contribution in [1.82, 2.24) is 4.57 Å². The van der Waals surface area contributed by atoms with Crippen LogP contribution in [0.4, 0.5) is 0 Å². The second-order valence-electron chi connectivity index (χ2n) is 10.7. The van der Waals surface area contributed by atoms with Crippen LogP contribution in [0.2, 0.25) is 0 Å². The number of hydrogen-bond acceptors (Lipinski definition) is 2. The molecule has 4 rings (SSSR count). The molecule has 4 atom stereocenters. The Bertz CT molecular complexity index is 1140. The molecule has 1 saturated carbocycles.